The van der Waals surface area contributed by atoms with Gasteiger partial charge in [-0.15, -0.1) is 11.8 Å². The van der Waals surface area contributed by atoms with E-state index >= 15 is 0 Å². The molecule has 138 valence electrons. The molecule has 3 rings (SSSR count). The molecule has 0 saturated heterocycles. The number of nitrogens with one attached hydrogen (secondary N) is 1. The third-order valence-corrected chi connectivity index (χ3v) is 6.58. The van der Waals surface area contributed by atoms with Crippen LogP contribution in [0.25, 0.3) is 0 Å². The predicted molar refractivity (Wildman–Crippen MR) is 107 cm³/mol. The Bertz CT molecular complexity index is 813. The van der Waals surface area contributed by atoms with Gasteiger partial charge in [0.15, 0.2) is 0 Å². The maximum atomic E-state index is 12.4. The van der Waals surface area contributed by atoms with E-state index in [4.69, 9.17) is 4.74 Å². The average molecular weight is 390 g/mol. The molecule has 0 fully saturated rings. The number of rotatable bonds is 6. The zero-order chi connectivity index (χ0) is 18.7. The number of benzene rings is 1. The van der Waals surface area contributed by atoms with Crippen LogP contribution in [-0.2, 0) is 4.79 Å². The van der Waals surface area contributed by atoms with E-state index in [1.807, 2.05) is 36.9 Å². The number of amides is 1. The smallest absolute Gasteiger partial charge is 0.234 e. The molecule has 0 radical (unpaired) electrons. The second kappa shape index (κ2) is 8.31. The molecule has 1 N–H and O–H groups in total. The van der Waals surface area contributed by atoms with E-state index in [0.717, 1.165) is 33.7 Å². The number of carbonyl (C=O) groups is 1. The van der Waals surface area contributed by atoms with Gasteiger partial charge in [0.2, 0.25) is 5.91 Å². The summed E-state index contributed by atoms with van der Waals surface area (Å²) in [5.74, 6) is 2.18. The van der Waals surface area contributed by atoms with Crippen LogP contribution in [0.2, 0.25) is 0 Å². The van der Waals surface area contributed by atoms with Crippen LogP contribution >= 0.6 is 23.5 Å². The topological polar surface area (TPSA) is 64.1 Å². The molecule has 2 aromatic rings. The van der Waals surface area contributed by atoms with Gasteiger partial charge >= 0.3 is 0 Å². The van der Waals surface area contributed by atoms with Gasteiger partial charge in [0, 0.05) is 28.5 Å². The quantitative estimate of drug-likeness (QED) is 0.579. The first-order valence-corrected chi connectivity index (χ1v) is 10.5. The van der Waals surface area contributed by atoms with Gasteiger partial charge in [0.25, 0.3) is 0 Å². The highest BCUT2D eigenvalue weighted by Gasteiger charge is 2.33. The van der Waals surface area contributed by atoms with Crippen LogP contribution in [0, 0.1) is 6.92 Å². The summed E-state index contributed by atoms with van der Waals surface area (Å²) in [6.07, 6.45) is 1.05. The third-order valence-electron chi connectivity index (χ3n) is 4.36. The van der Waals surface area contributed by atoms with Crippen LogP contribution in [-0.4, -0.2) is 34.0 Å². The molecular formula is C19H23N3O2S2. The van der Waals surface area contributed by atoms with E-state index in [0.29, 0.717) is 16.9 Å². The molecule has 1 aliphatic heterocycles. The minimum atomic E-state index is -0.0555. The number of methoxy groups -OCH3 is 1. The summed E-state index contributed by atoms with van der Waals surface area (Å²) in [6.45, 7) is 6.34. The first-order chi connectivity index (χ1) is 12.5. The number of aryl methyl sites for hydroxylation is 1. The molecule has 1 amide bonds. The van der Waals surface area contributed by atoms with Gasteiger partial charge in [0.05, 0.1) is 12.9 Å². The van der Waals surface area contributed by atoms with Crippen LogP contribution in [0.5, 0.6) is 5.75 Å². The van der Waals surface area contributed by atoms with E-state index in [-0.39, 0.29) is 5.91 Å². The van der Waals surface area contributed by atoms with Crippen molar-refractivity contribution in [1.29, 1.82) is 0 Å². The molecule has 1 aromatic heterocycles. The highest BCUT2D eigenvalue weighted by atomic mass is 32.2. The Morgan fingerprint density at radius 3 is 2.92 bits per heavy atom. The van der Waals surface area contributed by atoms with Gasteiger partial charge in [-0.25, -0.2) is 9.97 Å². The van der Waals surface area contributed by atoms with Gasteiger partial charge in [-0.3, -0.25) is 4.79 Å². The Hall–Kier alpha value is -1.73. The van der Waals surface area contributed by atoms with Crippen molar-refractivity contribution in [3.8, 4) is 5.75 Å². The normalized spacial score (nSPS) is 18.5. The lowest BCUT2D eigenvalue weighted by Crippen LogP contribution is -2.15. The van der Waals surface area contributed by atoms with Crippen LogP contribution in [0.4, 0.5) is 5.69 Å². The molecule has 1 aromatic carbocycles. The van der Waals surface area contributed by atoms with E-state index in [2.05, 4.69) is 29.1 Å². The van der Waals surface area contributed by atoms with Crippen LogP contribution in [0.1, 0.15) is 37.6 Å². The monoisotopic (exact) mass is 389 g/mol. The van der Waals surface area contributed by atoms with E-state index in [1.165, 1.54) is 17.3 Å². The van der Waals surface area contributed by atoms with Gasteiger partial charge in [-0.1, -0.05) is 31.7 Å². The molecule has 0 spiro atoms. The number of anilines is 1. The minimum Gasteiger partial charge on any atom is -0.497 e. The first kappa shape index (κ1) is 19.0. The van der Waals surface area contributed by atoms with Crippen molar-refractivity contribution in [2.75, 3.05) is 18.2 Å². The van der Waals surface area contributed by atoms with Crippen molar-refractivity contribution in [1.82, 2.24) is 9.97 Å². The lowest BCUT2D eigenvalue weighted by Gasteiger charge is -2.15. The SMILES string of the molecule is CC[C@H]1c2c(SCC(=O)Nc3cccc(OC)c3)nc(C)nc2S[C@H]1C. The zero-order valence-corrected chi connectivity index (χ0v) is 17.0. The number of nitrogens with zero attached hydrogens (tertiary/aromatic N) is 2. The lowest BCUT2D eigenvalue weighted by molar-refractivity contribution is -0.113. The average Bonchev–Trinajstić information content (AvgIpc) is 2.94. The molecule has 2 heterocycles. The van der Waals surface area contributed by atoms with Crippen LogP contribution in [0.3, 0.4) is 0 Å². The summed E-state index contributed by atoms with van der Waals surface area (Å²) in [7, 11) is 1.61. The van der Waals surface area contributed by atoms with Crippen molar-refractivity contribution in [3.05, 3.63) is 35.7 Å². The number of fused-ring (bicyclic) bond motifs is 1. The minimum absolute atomic E-state index is 0.0555. The molecule has 5 nitrogen and oxygen atoms in total. The number of ether oxygens (including phenoxy) is 1. The fourth-order valence-corrected chi connectivity index (χ4v) is 5.52. The van der Waals surface area contributed by atoms with Crippen molar-refractivity contribution in [2.45, 2.75) is 48.4 Å². The van der Waals surface area contributed by atoms with Crippen molar-refractivity contribution >= 4 is 35.1 Å². The van der Waals surface area contributed by atoms with Crippen molar-refractivity contribution < 1.29 is 9.53 Å². The summed E-state index contributed by atoms with van der Waals surface area (Å²) >= 11 is 3.30. The molecule has 0 unspecified atom stereocenters. The maximum Gasteiger partial charge on any atom is 0.234 e. The zero-order valence-electron chi connectivity index (χ0n) is 15.4. The van der Waals surface area contributed by atoms with Crippen LogP contribution in [0.15, 0.2) is 34.3 Å². The molecule has 0 aliphatic carbocycles. The Kier molecular flexibility index (Phi) is 6.09. The number of aromatic nitrogens is 2. The van der Waals surface area contributed by atoms with E-state index in [9.17, 15) is 4.79 Å². The van der Waals surface area contributed by atoms with Gasteiger partial charge in [-0.2, -0.15) is 0 Å². The summed E-state index contributed by atoms with van der Waals surface area (Å²) in [6, 6.07) is 7.36. The number of carbonyl (C=O) groups excluding carboxylic acids is 1. The second-order valence-electron chi connectivity index (χ2n) is 6.20. The Labute approximate surface area is 162 Å². The molecule has 7 heteroatoms. The fraction of sp³-hybridized carbons (Fsp3) is 0.421. The van der Waals surface area contributed by atoms with Crippen LogP contribution < -0.4 is 10.1 Å². The van der Waals surface area contributed by atoms with E-state index in [1.54, 1.807) is 13.2 Å². The largest absolute Gasteiger partial charge is 0.497 e. The highest BCUT2D eigenvalue weighted by Crippen LogP contribution is 2.48. The Morgan fingerprint density at radius 1 is 1.38 bits per heavy atom. The van der Waals surface area contributed by atoms with Crippen molar-refractivity contribution in [3.63, 3.8) is 0 Å². The molecule has 26 heavy (non-hydrogen) atoms. The maximum absolute atomic E-state index is 12.4. The molecule has 0 bridgehead atoms. The van der Waals surface area contributed by atoms with Crippen molar-refractivity contribution in [2.24, 2.45) is 0 Å². The summed E-state index contributed by atoms with van der Waals surface area (Å²) in [5.41, 5.74) is 1.95. The number of thioether (sulfide) groups is 2. The van der Waals surface area contributed by atoms with Gasteiger partial charge in [-0.05, 0) is 25.5 Å². The Morgan fingerprint density at radius 2 is 2.19 bits per heavy atom. The molecule has 1 aliphatic rings. The molecular weight excluding hydrogens is 366 g/mol. The third kappa shape index (κ3) is 4.15. The summed E-state index contributed by atoms with van der Waals surface area (Å²) in [5, 5.41) is 5.43. The predicted octanol–water partition coefficient (Wildman–Crippen LogP) is 4.51. The lowest BCUT2D eigenvalue weighted by atomic mass is 9.96. The van der Waals surface area contributed by atoms with Gasteiger partial charge < -0.3 is 10.1 Å². The highest BCUT2D eigenvalue weighted by molar-refractivity contribution is 8.01. The first-order valence-electron chi connectivity index (χ1n) is 8.63. The number of hydrogen-bond donors (Lipinski definition) is 1. The second-order valence-corrected chi connectivity index (χ2v) is 8.53. The standard InChI is InChI=1S/C19H23N3O2S2/c1-5-15-11(2)26-19-17(15)18(20-12(3)21-19)25-10-16(23)22-13-7-6-8-14(9-13)24-4/h6-9,11,15H,5,10H2,1-4H3,(H,22,23)/t11-,15+/m0/s1. The molecule has 0 saturated carbocycles. The Balaban J connectivity index is 1.71. The number of hydrogen-bond acceptors (Lipinski definition) is 6. The van der Waals surface area contributed by atoms with Gasteiger partial charge in [0.1, 0.15) is 21.6 Å². The summed E-state index contributed by atoms with van der Waals surface area (Å²) in [4.78, 5) is 21.6. The fourth-order valence-electron chi connectivity index (χ4n) is 3.11. The molecule has 2 atom stereocenters. The van der Waals surface area contributed by atoms with E-state index < -0.39 is 0 Å². The summed E-state index contributed by atoms with van der Waals surface area (Å²) < 4.78 is 5.19.